The molecule has 0 atom stereocenters. The Hall–Kier alpha value is -3.91. The summed E-state index contributed by atoms with van der Waals surface area (Å²) in [6.07, 6.45) is 0. The van der Waals surface area contributed by atoms with Crippen LogP contribution >= 0.6 is 0 Å². The molecule has 0 aliphatic carbocycles. The summed E-state index contributed by atoms with van der Waals surface area (Å²) in [5.74, 6) is 2.34. The minimum absolute atomic E-state index is 0.543. The zero-order valence-electron chi connectivity index (χ0n) is 17.3. The molecule has 0 aliphatic heterocycles. The van der Waals surface area contributed by atoms with Gasteiger partial charge in [0.15, 0.2) is 23.0 Å². The van der Waals surface area contributed by atoms with E-state index in [9.17, 15) is 5.26 Å². The second-order valence-corrected chi connectivity index (χ2v) is 6.73. The van der Waals surface area contributed by atoms with Crippen molar-refractivity contribution in [3.05, 3.63) is 60.2 Å². The molecule has 0 aliphatic rings. The van der Waals surface area contributed by atoms with Gasteiger partial charge in [-0.25, -0.2) is 0 Å². The van der Waals surface area contributed by atoms with Crippen LogP contribution in [-0.2, 0) is 0 Å². The fraction of sp³-hybridized carbons (Fsp3) is 0.160. The SMILES string of the molecule is COc1cc2c(C#N)c3cc(OC)c(OC)cc3c(-c3ccccc3)c2cc1OC. The highest BCUT2D eigenvalue weighted by Gasteiger charge is 2.20. The van der Waals surface area contributed by atoms with Crippen molar-refractivity contribution in [3.63, 3.8) is 0 Å². The van der Waals surface area contributed by atoms with Crippen molar-refractivity contribution in [2.45, 2.75) is 0 Å². The number of methoxy groups -OCH3 is 4. The van der Waals surface area contributed by atoms with Crippen LogP contribution in [0.15, 0.2) is 54.6 Å². The average Bonchev–Trinajstić information content (AvgIpc) is 2.81. The van der Waals surface area contributed by atoms with Crippen LogP contribution in [0.3, 0.4) is 0 Å². The van der Waals surface area contributed by atoms with Crippen LogP contribution < -0.4 is 18.9 Å². The van der Waals surface area contributed by atoms with E-state index in [4.69, 9.17) is 18.9 Å². The van der Waals surface area contributed by atoms with Crippen molar-refractivity contribution in [3.8, 4) is 40.2 Å². The van der Waals surface area contributed by atoms with E-state index in [1.54, 1.807) is 28.4 Å². The van der Waals surface area contributed by atoms with E-state index in [1.807, 2.05) is 54.6 Å². The largest absolute Gasteiger partial charge is 0.493 e. The Morgan fingerprint density at radius 1 is 0.600 bits per heavy atom. The Morgan fingerprint density at radius 2 is 1.00 bits per heavy atom. The summed E-state index contributed by atoms with van der Waals surface area (Å²) in [4.78, 5) is 0. The molecule has 0 saturated heterocycles. The first kappa shape index (κ1) is 19.4. The lowest BCUT2D eigenvalue weighted by Crippen LogP contribution is -1.97. The minimum Gasteiger partial charge on any atom is -0.493 e. The number of fused-ring (bicyclic) bond motifs is 2. The van der Waals surface area contributed by atoms with E-state index in [2.05, 4.69) is 6.07 Å². The van der Waals surface area contributed by atoms with Gasteiger partial charge in [-0.2, -0.15) is 5.26 Å². The van der Waals surface area contributed by atoms with Gasteiger partial charge in [0.05, 0.1) is 34.0 Å². The van der Waals surface area contributed by atoms with E-state index < -0.39 is 0 Å². The maximum Gasteiger partial charge on any atom is 0.161 e. The van der Waals surface area contributed by atoms with Crippen molar-refractivity contribution < 1.29 is 18.9 Å². The quantitative estimate of drug-likeness (QED) is 0.411. The molecule has 0 spiro atoms. The molecule has 0 saturated carbocycles. The van der Waals surface area contributed by atoms with E-state index in [0.717, 1.165) is 32.7 Å². The first-order valence-electron chi connectivity index (χ1n) is 9.39. The first-order chi connectivity index (χ1) is 14.7. The lowest BCUT2D eigenvalue weighted by Gasteiger charge is -2.18. The topological polar surface area (TPSA) is 60.7 Å². The Kier molecular flexibility index (Phi) is 5.07. The Labute approximate surface area is 175 Å². The molecule has 4 aromatic carbocycles. The molecule has 0 amide bonds. The lowest BCUT2D eigenvalue weighted by molar-refractivity contribution is 0.355. The molecule has 0 heterocycles. The molecule has 0 unspecified atom stereocenters. The molecule has 0 fully saturated rings. The third-order valence-electron chi connectivity index (χ3n) is 5.30. The molecule has 5 heteroatoms. The van der Waals surface area contributed by atoms with Gasteiger partial charge in [0.2, 0.25) is 0 Å². The van der Waals surface area contributed by atoms with Gasteiger partial charge in [0.1, 0.15) is 6.07 Å². The molecule has 0 bridgehead atoms. The maximum atomic E-state index is 10.1. The number of ether oxygens (including phenoxy) is 4. The first-order valence-corrected chi connectivity index (χ1v) is 9.39. The van der Waals surface area contributed by atoms with Gasteiger partial charge < -0.3 is 18.9 Å². The van der Waals surface area contributed by atoms with Gasteiger partial charge >= 0.3 is 0 Å². The van der Waals surface area contributed by atoms with Crippen molar-refractivity contribution in [2.75, 3.05) is 28.4 Å². The number of hydrogen-bond acceptors (Lipinski definition) is 5. The predicted octanol–water partition coefficient (Wildman–Crippen LogP) is 5.57. The average molecular weight is 399 g/mol. The third kappa shape index (κ3) is 2.94. The number of nitrogens with zero attached hydrogens (tertiary/aromatic N) is 1. The van der Waals surface area contributed by atoms with Crippen LogP contribution in [-0.4, -0.2) is 28.4 Å². The Bertz CT molecular complexity index is 1220. The smallest absolute Gasteiger partial charge is 0.161 e. The van der Waals surface area contributed by atoms with Gasteiger partial charge in [0, 0.05) is 10.8 Å². The van der Waals surface area contributed by atoms with E-state index in [1.165, 1.54) is 0 Å². The van der Waals surface area contributed by atoms with Crippen LogP contribution in [0.25, 0.3) is 32.7 Å². The van der Waals surface area contributed by atoms with Gasteiger partial charge in [-0.1, -0.05) is 30.3 Å². The van der Waals surface area contributed by atoms with Crippen LogP contribution in [0.2, 0.25) is 0 Å². The zero-order valence-corrected chi connectivity index (χ0v) is 17.3. The number of rotatable bonds is 5. The molecule has 5 nitrogen and oxygen atoms in total. The van der Waals surface area contributed by atoms with Crippen LogP contribution in [0.5, 0.6) is 23.0 Å². The van der Waals surface area contributed by atoms with Gasteiger partial charge in [-0.05, 0) is 46.2 Å². The molecule has 0 N–H and O–H groups in total. The number of hydrogen-bond donors (Lipinski definition) is 0. The summed E-state index contributed by atoms with van der Waals surface area (Å²) < 4.78 is 22.1. The van der Waals surface area contributed by atoms with Gasteiger partial charge in [-0.3, -0.25) is 0 Å². The highest BCUT2D eigenvalue weighted by atomic mass is 16.5. The Balaban J connectivity index is 2.30. The normalized spacial score (nSPS) is 10.6. The fourth-order valence-corrected chi connectivity index (χ4v) is 3.91. The second-order valence-electron chi connectivity index (χ2n) is 6.73. The molecule has 150 valence electrons. The van der Waals surface area contributed by atoms with E-state index >= 15 is 0 Å². The van der Waals surface area contributed by atoms with Gasteiger partial charge in [0.25, 0.3) is 0 Å². The molecular formula is C25H21NO4. The third-order valence-corrected chi connectivity index (χ3v) is 5.30. The van der Waals surface area contributed by atoms with Crippen molar-refractivity contribution >= 4 is 21.5 Å². The standard InChI is InChI=1S/C25H21NO4/c1-27-21-10-16-18(12-23(21)29-3)25(15-8-6-5-7-9-15)19-13-24(30-4)22(28-2)11-17(19)20(16)14-26/h5-13H,1-4H3. The summed E-state index contributed by atoms with van der Waals surface area (Å²) in [5.41, 5.74) is 2.56. The number of benzene rings is 4. The molecular weight excluding hydrogens is 378 g/mol. The van der Waals surface area contributed by atoms with E-state index in [0.29, 0.717) is 28.6 Å². The van der Waals surface area contributed by atoms with Crippen LogP contribution in [0.1, 0.15) is 5.56 Å². The van der Waals surface area contributed by atoms with E-state index in [-0.39, 0.29) is 0 Å². The van der Waals surface area contributed by atoms with Crippen LogP contribution in [0.4, 0.5) is 0 Å². The van der Waals surface area contributed by atoms with Gasteiger partial charge in [-0.15, -0.1) is 0 Å². The molecule has 0 radical (unpaired) electrons. The van der Waals surface area contributed by atoms with Crippen molar-refractivity contribution in [1.82, 2.24) is 0 Å². The lowest BCUT2D eigenvalue weighted by atomic mass is 9.88. The monoisotopic (exact) mass is 399 g/mol. The summed E-state index contributed by atoms with van der Waals surface area (Å²) in [6, 6.07) is 20.0. The summed E-state index contributed by atoms with van der Waals surface area (Å²) in [6.45, 7) is 0. The fourth-order valence-electron chi connectivity index (χ4n) is 3.91. The Morgan fingerprint density at radius 3 is 1.37 bits per heavy atom. The van der Waals surface area contributed by atoms with Crippen LogP contribution in [0, 0.1) is 11.3 Å². The minimum atomic E-state index is 0.543. The van der Waals surface area contributed by atoms with Crippen molar-refractivity contribution in [2.24, 2.45) is 0 Å². The zero-order chi connectivity index (χ0) is 21.3. The van der Waals surface area contributed by atoms with Crippen molar-refractivity contribution in [1.29, 1.82) is 5.26 Å². The molecule has 4 rings (SSSR count). The number of nitriles is 1. The maximum absolute atomic E-state index is 10.1. The second kappa shape index (κ2) is 7.84. The highest BCUT2D eigenvalue weighted by Crippen LogP contribution is 2.46. The molecule has 4 aromatic rings. The summed E-state index contributed by atoms with van der Waals surface area (Å²) >= 11 is 0. The predicted molar refractivity (Wildman–Crippen MR) is 118 cm³/mol. The highest BCUT2D eigenvalue weighted by molar-refractivity contribution is 6.17. The molecule has 0 aromatic heterocycles. The summed E-state index contributed by atoms with van der Waals surface area (Å²) in [5, 5.41) is 13.4. The molecule has 30 heavy (non-hydrogen) atoms. The summed E-state index contributed by atoms with van der Waals surface area (Å²) in [7, 11) is 6.38.